The van der Waals surface area contributed by atoms with Gasteiger partial charge in [-0.3, -0.25) is 9.59 Å². The summed E-state index contributed by atoms with van der Waals surface area (Å²) in [7, 11) is 0. The smallest absolute Gasteiger partial charge is 0.317 e. The molecule has 15 heteroatoms. The van der Waals surface area contributed by atoms with E-state index >= 15 is 0 Å². The number of fused-ring (bicyclic) bond motifs is 1. The van der Waals surface area contributed by atoms with E-state index in [-0.39, 0.29) is 25.7 Å². The van der Waals surface area contributed by atoms with E-state index < -0.39 is 116 Å². The lowest BCUT2D eigenvalue weighted by Gasteiger charge is -2.48. The number of carbonyl (C=O) groups is 2. The van der Waals surface area contributed by atoms with Crippen molar-refractivity contribution in [3.8, 4) is 0 Å². The molecular formula is C24H39O15+. The second-order valence-electron chi connectivity index (χ2n) is 11.1. The Morgan fingerprint density at radius 1 is 0.795 bits per heavy atom. The molecule has 2 saturated heterocycles. The highest BCUT2D eigenvalue weighted by Gasteiger charge is 2.55. The molecule has 10 N–H and O–H groups in total. The highest BCUT2D eigenvalue weighted by Crippen LogP contribution is 2.42. The minimum Gasteiger partial charge on any atom is -0.481 e. The number of carboxylic acids is 1. The maximum Gasteiger partial charge on any atom is 0.317 e. The van der Waals surface area contributed by atoms with Crippen LogP contribution < -0.4 is 0 Å². The van der Waals surface area contributed by atoms with E-state index in [4.69, 9.17) is 24.1 Å². The second-order valence-corrected chi connectivity index (χ2v) is 11.1. The monoisotopic (exact) mass is 567 g/mol. The van der Waals surface area contributed by atoms with Gasteiger partial charge in [0.25, 0.3) is 0 Å². The minimum atomic E-state index is -1.78. The molecule has 0 radical (unpaired) electrons. The van der Waals surface area contributed by atoms with Crippen molar-refractivity contribution in [2.24, 2.45) is 11.8 Å². The topological polar surface area (TPSA) is 257 Å². The molecule has 224 valence electrons. The van der Waals surface area contributed by atoms with Crippen LogP contribution in [0.5, 0.6) is 0 Å². The predicted molar refractivity (Wildman–Crippen MR) is 125 cm³/mol. The largest absolute Gasteiger partial charge is 0.481 e. The Morgan fingerprint density at radius 2 is 1.46 bits per heavy atom. The zero-order valence-corrected chi connectivity index (χ0v) is 21.1. The van der Waals surface area contributed by atoms with Crippen LogP contribution in [-0.4, -0.2) is 149 Å². The molecule has 2 aliphatic carbocycles. The summed E-state index contributed by atoms with van der Waals surface area (Å²) in [5.41, 5.74) is 0. The van der Waals surface area contributed by atoms with Gasteiger partial charge in [0.05, 0.1) is 30.3 Å². The fraction of sp³-hybridized carbons (Fsp3) is 0.917. The summed E-state index contributed by atoms with van der Waals surface area (Å²) < 4.78 is 21.3. The van der Waals surface area contributed by atoms with E-state index in [9.17, 15) is 50.4 Å². The van der Waals surface area contributed by atoms with Gasteiger partial charge in [-0.2, -0.15) is 0 Å². The lowest BCUT2D eigenvalue weighted by molar-refractivity contribution is -0.357. The molecule has 13 atom stereocenters. The van der Waals surface area contributed by atoms with E-state index in [0.29, 0.717) is 6.42 Å². The predicted octanol–water partition coefficient (Wildman–Crippen LogP) is -4.51. The number of rotatable bonds is 7. The first-order valence-electron chi connectivity index (χ1n) is 13.2. The molecule has 4 fully saturated rings. The quantitative estimate of drug-likeness (QED) is 0.0798. The maximum atomic E-state index is 11.6. The van der Waals surface area contributed by atoms with Gasteiger partial charge in [0.15, 0.2) is 18.5 Å². The van der Waals surface area contributed by atoms with E-state index in [1.165, 1.54) is 0 Å². The van der Waals surface area contributed by atoms with Crippen LogP contribution >= 0.6 is 0 Å². The number of hydrogen-bond acceptors (Lipinski definition) is 13. The van der Waals surface area contributed by atoms with Gasteiger partial charge in [-0.25, -0.2) is 0 Å². The molecule has 0 amide bonds. The summed E-state index contributed by atoms with van der Waals surface area (Å²) in [6.45, 7) is -0.629. The van der Waals surface area contributed by atoms with Crippen molar-refractivity contribution in [1.29, 1.82) is 0 Å². The Balaban J connectivity index is 1.51. The highest BCUT2D eigenvalue weighted by atomic mass is 16.7. The van der Waals surface area contributed by atoms with Crippen LogP contribution in [0, 0.1) is 11.8 Å². The molecule has 0 aromatic heterocycles. The number of carbonyl (C=O) groups excluding carboxylic acids is 1. The number of ether oxygens (including phenoxy) is 4. The van der Waals surface area contributed by atoms with E-state index in [2.05, 4.69) is 0 Å². The SMILES string of the molecule is O=C(O)CC(=O)OC[C@@H]1O[C@H](OC2CC3C(O)CC(O)CC3[OH+]C2C2CC(O)C(O)C(O)C2)[C@@H](O)[C@H](O)[C@H]1O. The normalized spacial score (nSPS) is 48.7. The number of esters is 1. The third kappa shape index (κ3) is 6.87. The molecule has 15 nitrogen and oxygen atoms in total. The average molecular weight is 568 g/mol. The summed E-state index contributed by atoms with van der Waals surface area (Å²) in [5.74, 6) is -3.42. The fourth-order valence-corrected chi connectivity index (χ4v) is 6.25. The van der Waals surface area contributed by atoms with Crippen molar-refractivity contribution in [2.75, 3.05) is 6.61 Å². The first-order valence-corrected chi connectivity index (χ1v) is 13.2. The molecule has 0 spiro atoms. The van der Waals surface area contributed by atoms with Gasteiger partial charge in [-0.15, -0.1) is 0 Å². The zero-order chi connectivity index (χ0) is 28.6. The molecule has 2 saturated carbocycles. The number of aliphatic hydroxyl groups excluding tert-OH is 8. The van der Waals surface area contributed by atoms with Crippen LogP contribution in [0.25, 0.3) is 0 Å². The molecule has 0 aromatic carbocycles. The van der Waals surface area contributed by atoms with Crippen LogP contribution in [0.15, 0.2) is 0 Å². The average Bonchev–Trinajstić information content (AvgIpc) is 2.86. The van der Waals surface area contributed by atoms with Crippen LogP contribution in [0.3, 0.4) is 0 Å². The summed E-state index contributed by atoms with van der Waals surface area (Å²) in [4.78, 5) is 22.3. The highest BCUT2D eigenvalue weighted by molar-refractivity contribution is 5.90. The van der Waals surface area contributed by atoms with Gasteiger partial charge in [-0.05, 0) is 19.3 Å². The fourth-order valence-electron chi connectivity index (χ4n) is 6.25. The molecule has 2 heterocycles. The van der Waals surface area contributed by atoms with Gasteiger partial charge in [0.1, 0.15) is 49.7 Å². The van der Waals surface area contributed by atoms with Crippen molar-refractivity contribution >= 4 is 11.9 Å². The molecule has 0 bridgehead atoms. The summed E-state index contributed by atoms with van der Waals surface area (Å²) in [6.07, 6.45) is -15.8. The van der Waals surface area contributed by atoms with Gasteiger partial charge >= 0.3 is 11.9 Å². The van der Waals surface area contributed by atoms with Gasteiger partial charge in [0, 0.05) is 18.8 Å². The summed E-state index contributed by atoms with van der Waals surface area (Å²) in [6, 6.07) is 0. The molecule has 4 aliphatic rings. The Bertz CT molecular complexity index is 845. The van der Waals surface area contributed by atoms with Gasteiger partial charge in [0.2, 0.25) is 0 Å². The van der Waals surface area contributed by atoms with Crippen LogP contribution in [0.2, 0.25) is 0 Å². The Kier molecular flexibility index (Phi) is 9.81. The number of aliphatic carboxylic acids is 1. The Labute approximate surface area is 223 Å². The maximum absolute atomic E-state index is 11.6. The molecule has 0 aromatic rings. The van der Waals surface area contributed by atoms with Crippen LogP contribution in [0.1, 0.15) is 38.5 Å². The van der Waals surface area contributed by atoms with E-state index in [0.717, 1.165) is 0 Å². The second kappa shape index (κ2) is 12.6. The minimum absolute atomic E-state index is 0.0757. The van der Waals surface area contributed by atoms with Crippen LogP contribution in [-0.2, 0) is 23.8 Å². The number of carboxylic acid groups (broad SMARTS) is 1. The van der Waals surface area contributed by atoms with Gasteiger partial charge < -0.3 is 64.9 Å². The number of hydrogen-bond donors (Lipinski definition) is 9. The van der Waals surface area contributed by atoms with Crippen molar-refractivity contribution < 1.29 is 74.5 Å². The number of aliphatic hydroxyl groups is 10. The Hall–Kier alpha value is -1.50. The lowest BCUT2D eigenvalue weighted by atomic mass is 9.72. The molecular weight excluding hydrogens is 528 g/mol. The molecule has 39 heavy (non-hydrogen) atoms. The van der Waals surface area contributed by atoms with Crippen molar-refractivity contribution in [3.63, 3.8) is 0 Å². The zero-order valence-electron chi connectivity index (χ0n) is 21.1. The Morgan fingerprint density at radius 3 is 2.10 bits per heavy atom. The van der Waals surface area contributed by atoms with E-state index in [1.54, 1.807) is 0 Å². The summed E-state index contributed by atoms with van der Waals surface area (Å²) >= 11 is 0. The summed E-state index contributed by atoms with van der Waals surface area (Å²) in [5, 5.41) is 91.5. The first kappa shape index (κ1) is 30.5. The lowest BCUT2D eigenvalue weighted by Crippen LogP contribution is -2.63. The standard InChI is InChI=1S/C24H38O15/c25-9-3-11(26)10-5-15(23(37-14(10)4-9)8-1-12(27)19(32)13(28)2-8)38-24-22(35)21(34)20(33)16(39-24)7-36-18(31)6-17(29)30/h8-16,19-28,32-35H,1-7H2,(H,29,30)/p+1/t8?,9?,10?,11?,12?,13?,14?,15?,16-,19?,20-,21+,22-,23?,24-/m0/s1. The first-order chi connectivity index (χ1) is 18.3. The molecule has 2 aliphatic heterocycles. The van der Waals surface area contributed by atoms with Gasteiger partial charge in [-0.1, -0.05) is 0 Å². The van der Waals surface area contributed by atoms with Crippen molar-refractivity contribution in [3.05, 3.63) is 0 Å². The third-order valence-electron chi connectivity index (χ3n) is 8.31. The van der Waals surface area contributed by atoms with E-state index in [1.807, 2.05) is 0 Å². The van der Waals surface area contributed by atoms with Crippen molar-refractivity contribution in [1.82, 2.24) is 0 Å². The molecule has 8 unspecified atom stereocenters. The molecule has 4 rings (SSSR count). The third-order valence-corrected chi connectivity index (χ3v) is 8.31. The van der Waals surface area contributed by atoms with Crippen molar-refractivity contribution in [2.45, 2.75) is 118 Å². The van der Waals surface area contributed by atoms with Crippen LogP contribution in [0.4, 0.5) is 0 Å².